The van der Waals surface area contributed by atoms with Crippen LogP contribution in [0, 0.1) is 0 Å². The van der Waals surface area contributed by atoms with E-state index in [0.717, 1.165) is 6.42 Å². The molecule has 9 heavy (non-hydrogen) atoms. The molecule has 0 N–H and O–H groups in total. The van der Waals surface area contributed by atoms with Crippen LogP contribution in [0.2, 0.25) is 0 Å². The maximum Gasteiger partial charge on any atom is 0.305 e. The standard InChI is InChI=1S/C6H12O2.V/c1-3-5-8-6(7)4-2;/h3-5H2,1-2H3;. The fraction of sp³-hybridized carbons (Fsp3) is 0.833. The van der Waals surface area contributed by atoms with Crippen molar-refractivity contribution in [3.05, 3.63) is 0 Å². The summed E-state index contributed by atoms with van der Waals surface area (Å²) in [5, 5.41) is 0. The first-order valence-electron chi connectivity index (χ1n) is 2.96. The third kappa shape index (κ3) is 8.05. The van der Waals surface area contributed by atoms with Crippen LogP contribution in [-0.4, -0.2) is 12.6 Å². The summed E-state index contributed by atoms with van der Waals surface area (Å²) in [4.78, 5) is 10.3. The van der Waals surface area contributed by atoms with Gasteiger partial charge in [-0.05, 0) is 6.42 Å². The van der Waals surface area contributed by atoms with Crippen LogP contribution in [0.5, 0.6) is 0 Å². The van der Waals surface area contributed by atoms with Crippen molar-refractivity contribution in [2.45, 2.75) is 26.7 Å². The van der Waals surface area contributed by atoms with E-state index in [1.807, 2.05) is 6.92 Å². The first kappa shape index (κ1) is 11.8. The monoisotopic (exact) mass is 167 g/mol. The van der Waals surface area contributed by atoms with Crippen molar-refractivity contribution < 1.29 is 28.1 Å². The quantitative estimate of drug-likeness (QED) is 0.593. The molecule has 53 valence electrons. The van der Waals surface area contributed by atoms with Gasteiger partial charge in [0.2, 0.25) is 0 Å². The molecule has 0 amide bonds. The summed E-state index contributed by atoms with van der Waals surface area (Å²) < 4.78 is 4.70. The molecule has 0 fully saturated rings. The van der Waals surface area contributed by atoms with Gasteiger partial charge in [-0.1, -0.05) is 13.8 Å². The molecule has 1 radical (unpaired) electrons. The van der Waals surface area contributed by atoms with Crippen molar-refractivity contribution in [3.8, 4) is 0 Å². The zero-order valence-electron chi connectivity index (χ0n) is 5.89. The summed E-state index contributed by atoms with van der Waals surface area (Å²) in [6.45, 7) is 4.33. The third-order valence-electron chi connectivity index (χ3n) is 0.756. The van der Waals surface area contributed by atoms with Gasteiger partial charge >= 0.3 is 5.97 Å². The largest absolute Gasteiger partial charge is 0.466 e. The van der Waals surface area contributed by atoms with Crippen molar-refractivity contribution in [3.63, 3.8) is 0 Å². The van der Waals surface area contributed by atoms with E-state index >= 15 is 0 Å². The van der Waals surface area contributed by atoms with Crippen molar-refractivity contribution in [1.82, 2.24) is 0 Å². The van der Waals surface area contributed by atoms with Crippen LogP contribution in [0.3, 0.4) is 0 Å². The van der Waals surface area contributed by atoms with Gasteiger partial charge in [-0.2, -0.15) is 0 Å². The maximum absolute atomic E-state index is 10.3. The molecule has 0 aromatic rings. The molecule has 0 aliphatic heterocycles. The van der Waals surface area contributed by atoms with E-state index in [4.69, 9.17) is 4.74 Å². The Labute approximate surface area is 67.8 Å². The summed E-state index contributed by atoms with van der Waals surface area (Å²) in [6, 6.07) is 0. The SMILES string of the molecule is CCCOC(=O)CC.[V]. The maximum atomic E-state index is 10.3. The molecule has 0 aromatic carbocycles. The van der Waals surface area contributed by atoms with Gasteiger partial charge < -0.3 is 4.74 Å². The minimum atomic E-state index is -0.105. The molecular weight excluding hydrogens is 155 g/mol. The summed E-state index contributed by atoms with van der Waals surface area (Å²) in [7, 11) is 0. The molecular formula is C6H12O2V. The van der Waals surface area contributed by atoms with Crippen LogP contribution in [0.4, 0.5) is 0 Å². The molecule has 3 heteroatoms. The van der Waals surface area contributed by atoms with E-state index in [-0.39, 0.29) is 24.5 Å². The number of esters is 1. The number of rotatable bonds is 3. The molecule has 0 unspecified atom stereocenters. The summed E-state index contributed by atoms with van der Waals surface area (Å²) in [6.07, 6.45) is 1.39. The zero-order chi connectivity index (χ0) is 6.41. The normalized spacial score (nSPS) is 7.78. The molecule has 0 aliphatic rings. The average Bonchev–Trinajstić information content (AvgIpc) is 1.83. The number of carbonyl (C=O) groups excluding carboxylic acids is 1. The topological polar surface area (TPSA) is 26.3 Å². The van der Waals surface area contributed by atoms with E-state index in [2.05, 4.69) is 0 Å². The molecule has 0 aliphatic carbocycles. The van der Waals surface area contributed by atoms with Crippen molar-refractivity contribution in [1.29, 1.82) is 0 Å². The second-order valence-electron chi connectivity index (χ2n) is 1.57. The third-order valence-corrected chi connectivity index (χ3v) is 0.756. The molecule has 2 nitrogen and oxygen atoms in total. The predicted octanol–water partition coefficient (Wildman–Crippen LogP) is 1.35. The van der Waals surface area contributed by atoms with Crippen LogP contribution in [0.1, 0.15) is 26.7 Å². The van der Waals surface area contributed by atoms with Gasteiger partial charge in [-0.3, -0.25) is 4.79 Å². The summed E-state index contributed by atoms with van der Waals surface area (Å²) in [5.41, 5.74) is 0. The van der Waals surface area contributed by atoms with Crippen LogP contribution in [-0.2, 0) is 28.1 Å². The summed E-state index contributed by atoms with van der Waals surface area (Å²) >= 11 is 0. The number of ether oxygens (including phenoxy) is 1. The Morgan fingerprint density at radius 3 is 2.33 bits per heavy atom. The van der Waals surface area contributed by atoms with E-state index in [9.17, 15) is 4.79 Å². The Morgan fingerprint density at radius 1 is 1.44 bits per heavy atom. The van der Waals surface area contributed by atoms with Crippen LogP contribution >= 0.6 is 0 Å². The van der Waals surface area contributed by atoms with Crippen molar-refractivity contribution in [2.24, 2.45) is 0 Å². The molecule has 0 aromatic heterocycles. The van der Waals surface area contributed by atoms with E-state index in [1.165, 1.54) is 0 Å². The number of hydrogen-bond donors (Lipinski definition) is 0. The van der Waals surface area contributed by atoms with E-state index in [0.29, 0.717) is 13.0 Å². The number of hydrogen-bond acceptors (Lipinski definition) is 2. The van der Waals surface area contributed by atoms with Gasteiger partial charge in [-0.15, -0.1) is 0 Å². The number of carbonyl (C=O) groups is 1. The Hall–Kier alpha value is 0.0544. The van der Waals surface area contributed by atoms with Crippen LogP contribution in [0.25, 0.3) is 0 Å². The predicted molar refractivity (Wildman–Crippen MR) is 31.5 cm³/mol. The average molecular weight is 167 g/mol. The molecule has 0 rings (SSSR count). The second kappa shape index (κ2) is 8.05. The molecule has 0 spiro atoms. The Balaban J connectivity index is 0. The first-order valence-corrected chi connectivity index (χ1v) is 2.96. The van der Waals surface area contributed by atoms with Gasteiger partial charge in [0.15, 0.2) is 0 Å². The molecule has 0 bridgehead atoms. The van der Waals surface area contributed by atoms with Gasteiger partial charge in [0.1, 0.15) is 0 Å². The van der Waals surface area contributed by atoms with Gasteiger partial charge in [-0.25, -0.2) is 0 Å². The Kier molecular flexibility index (Phi) is 10.6. The van der Waals surface area contributed by atoms with E-state index in [1.54, 1.807) is 6.92 Å². The minimum absolute atomic E-state index is 0. The Bertz CT molecular complexity index is 73.5. The van der Waals surface area contributed by atoms with Gasteiger partial charge in [0.05, 0.1) is 6.61 Å². The van der Waals surface area contributed by atoms with Gasteiger partial charge in [0, 0.05) is 25.0 Å². The first-order chi connectivity index (χ1) is 3.81. The Morgan fingerprint density at radius 2 is 2.00 bits per heavy atom. The minimum Gasteiger partial charge on any atom is -0.466 e. The molecule has 0 saturated carbocycles. The second-order valence-corrected chi connectivity index (χ2v) is 1.57. The fourth-order valence-electron chi connectivity index (χ4n) is 0.318. The smallest absolute Gasteiger partial charge is 0.305 e. The van der Waals surface area contributed by atoms with Crippen LogP contribution < -0.4 is 0 Å². The zero-order valence-corrected chi connectivity index (χ0v) is 7.28. The van der Waals surface area contributed by atoms with Crippen molar-refractivity contribution >= 4 is 5.97 Å². The fourth-order valence-corrected chi connectivity index (χ4v) is 0.318. The molecule has 0 atom stereocenters. The summed E-state index contributed by atoms with van der Waals surface area (Å²) in [5.74, 6) is -0.105. The van der Waals surface area contributed by atoms with Crippen LogP contribution in [0.15, 0.2) is 0 Å². The molecule has 0 saturated heterocycles. The van der Waals surface area contributed by atoms with E-state index < -0.39 is 0 Å². The van der Waals surface area contributed by atoms with Crippen molar-refractivity contribution in [2.75, 3.05) is 6.61 Å². The van der Waals surface area contributed by atoms with Gasteiger partial charge in [0.25, 0.3) is 0 Å². The molecule has 0 heterocycles.